The minimum atomic E-state index is -0.269. The number of hydrazone groups is 1. The summed E-state index contributed by atoms with van der Waals surface area (Å²) in [6, 6.07) is 13.6. The van der Waals surface area contributed by atoms with Crippen LogP contribution in [0.3, 0.4) is 0 Å². The fourth-order valence-corrected chi connectivity index (χ4v) is 3.58. The van der Waals surface area contributed by atoms with Gasteiger partial charge in [0.1, 0.15) is 11.5 Å². The molecule has 29 heavy (non-hydrogen) atoms. The number of nitrogens with zero attached hydrogens (tertiary/aromatic N) is 2. The molecule has 0 radical (unpaired) electrons. The second-order valence-corrected chi connectivity index (χ2v) is 7.68. The number of methoxy groups -OCH3 is 1. The van der Waals surface area contributed by atoms with Gasteiger partial charge in [0.15, 0.2) is 11.5 Å². The first kappa shape index (κ1) is 20.5. The zero-order valence-electron chi connectivity index (χ0n) is 16.9. The Morgan fingerprint density at radius 3 is 2.66 bits per heavy atom. The summed E-state index contributed by atoms with van der Waals surface area (Å²) < 4.78 is 11.4. The average Bonchev–Trinajstić information content (AvgIpc) is 3.06. The number of thiazole rings is 1. The van der Waals surface area contributed by atoms with Crippen LogP contribution in [0.15, 0.2) is 47.6 Å². The number of carbonyl (C=O) groups excluding carboxylic acids is 1. The molecule has 0 saturated carbocycles. The predicted octanol–water partition coefficient (Wildman–Crippen LogP) is 4.42. The van der Waals surface area contributed by atoms with Gasteiger partial charge in [-0.1, -0.05) is 24.3 Å². The average molecular weight is 410 g/mol. The third-order valence-corrected chi connectivity index (χ3v) is 5.39. The Hall–Kier alpha value is -3.19. The first-order valence-electron chi connectivity index (χ1n) is 9.10. The van der Waals surface area contributed by atoms with Crippen LogP contribution in [0.25, 0.3) is 0 Å². The molecule has 0 aliphatic rings. The summed E-state index contributed by atoms with van der Waals surface area (Å²) in [4.78, 5) is 17.0. The van der Waals surface area contributed by atoms with E-state index in [2.05, 4.69) is 28.5 Å². The fourth-order valence-electron chi connectivity index (χ4n) is 2.77. The van der Waals surface area contributed by atoms with E-state index in [4.69, 9.17) is 9.47 Å². The Bertz CT molecular complexity index is 1040. The molecule has 1 N–H and O–H groups in total. The molecule has 0 fully saturated rings. The summed E-state index contributed by atoms with van der Waals surface area (Å²) >= 11 is 1.35. The second-order valence-electron chi connectivity index (χ2n) is 6.47. The van der Waals surface area contributed by atoms with Gasteiger partial charge in [-0.15, -0.1) is 11.3 Å². The van der Waals surface area contributed by atoms with E-state index in [1.165, 1.54) is 16.9 Å². The quantitative estimate of drug-likeness (QED) is 0.463. The van der Waals surface area contributed by atoms with Crippen LogP contribution in [-0.4, -0.2) is 24.2 Å². The summed E-state index contributed by atoms with van der Waals surface area (Å²) in [7, 11) is 1.59. The standard InChI is InChI=1S/C22H23N3O3S/c1-14-7-5-6-8-18(14)13-28-19-10-9-17(11-20(19)27-4)12-23-25-22(26)21-15(2)24-16(3)29-21/h5-12H,13H2,1-4H3,(H,25,26)/b23-12+. The summed E-state index contributed by atoms with van der Waals surface area (Å²) in [5.74, 6) is 0.977. The number of hydrogen-bond donors (Lipinski definition) is 1. The number of nitrogens with one attached hydrogen (secondary N) is 1. The number of aromatic nitrogens is 1. The van der Waals surface area contributed by atoms with Gasteiger partial charge in [-0.2, -0.15) is 5.10 Å². The highest BCUT2D eigenvalue weighted by Gasteiger charge is 2.13. The number of rotatable bonds is 7. The van der Waals surface area contributed by atoms with Crippen molar-refractivity contribution >= 4 is 23.5 Å². The van der Waals surface area contributed by atoms with Crippen LogP contribution in [0.2, 0.25) is 0 Å². The van der Waals surface area contributed by atoms with Crippen LogP contribution < -0.4 is 14.9 Å². The van der Waals surface area contributed by atoms with Crippen LogP contribution >= 0.6 is 11.3 Å². The highest BCUT2D eigenvalue weighted by atomic mass is 32.1. The molecule has 3 rings (SSSR count). The Balaban J connectivity index is 1.65. The molecule has 1 heterocycles. The van der Waals surface area contributed by atoms with Crippen molar-refractivity contribution in [3.05, 3.63) is 74.7 Å². The molecule has 0 aliphatic heterocycles. The van der Waals surface area contributed by atoms with E-state index < -0.39 is 0 Å². The van der Waals surface area contributed by atoms with Gasteiger partial charge in [0.2, 0.25) is 0 Å². The van der Waals surface area contributed by atoms with Crippen molar-refractivity contribution in [3.63, 3.8) is 0 Å². The Kier molecular flexibility index (Phi) is 6.61. The lowest BCUT2D eigenvalue weighted by Gasteiger charge is -2.12. The minimum Gasteiger partial charge on any atom is -0.493 e. The number of amides is 1. The second kappa shape index (κ2) is 9.34. The molecule has 0 atom stereocenters. The molecule has 1 amide bonds. The van der Waals surface area contributed by atoms with E-state index in [0.717, 1.165) is 16.1 Å². The van der Waals surface area contributed by atoms with Crippen molar-refractivity contribution in [3.8, 4) is 11.5 Å². The molecule has 150 valence electrons. The summed E-state index contributed by atoms with van der Waals surface area (Å²) in [6.45, 7) is 6.19. The molecular weight excluding hydrogens is 386 g/mol. The van der Waals surface area contributed by atoms with E-state index in [-0.39, 0.29) is 5.91 Å². The molecule has 0 saturated heterocycles. The first-order valence-corrected chi connectivity index (χ1v) is 9.92. The molecule has 3 aromatic rings. The monoisotopic (exact) mass is 409 g/mol. The van der Waals surface area contributed by atoms with Crippen molar-refractivity contribution in [1.82, 2.24) is 10.4 Å². The van der Waals surface area contributed by atoms with Crippen LogP contribution in [0, 0.1) is 20.8 Å². The lowest BCUT2D eigenvalue weighted by molar-refractivity contribution is 0.0958. The largest absolute Gasteiger partial charge is 0.493 e. The van der Waals surface area contributed by atoms with E-state index >= 15 is 0 Å². The predicted molar refractivity (Wildman–Crippen MR) is 115 cm³/mol. The molecule has 1 aromatic heterocycles. The van der Waals surface area contributed by atoms with E-state index in [9.17, 15) is 4.79 Å². The Morgan fingerprint density at radius 1 is 1.17 bits per heavy atom. The number of carbonyl (C=O) groups is 1. The number of hydrogen-bond acceptors (Lipinski definition) is 6. The highest BCUT2D eigenvalue weighted by Crippen LogP contribution is 2.28. The maximum Gasteiger partial charge on any atom is 0.283 e. The van der Waals surface area contributed by atoms with Crippen LogP contribution in [0.1, 0.15) is 37.1 Å². The van der Waals surface area contributed by atoms with Gasteiger partial charge in [0.05, 0.1) is 24.0 Å². The summed E-state index contributed by atoms with van der Waals surface area (Å²) in [5, 5.41) is 4.89. The van der Waals surface area contributed by atoms with Crippen molar-refractivity contribution in [2.75, 3.05) is 7.11 Å². The van der Waals surface area contributed by atoms with Crippen LogP contribution in [-0.2, 0) is 6.61 Å². The van der Waals surface area contributed by atoms with Gasteiger partial charge in [-0.3, -0.25) is 4.79 Å². The SMILES string of the molecule is COc1cc(/C=N/NC(=O)c2sc(C)nc2C)ccc1OCc1ccccc1C. The number of benzene rings is 2. The van der Waals surface area contributed by atoms with Crippen molar-refractivity contribution in [2.24, 2.45) is 5.10 Å². The first-order chi connectivity index (χ1) is 14.0. The van der Waals surface area contributed by atoms with Gasteiger partial charge in [-0.25, -0.2) is 10.4 Å². The van der Waals surface area contributed by atoms with Gasteiger partial charge in [0, 0.05) is 0 Å². The van der Waals surface area contributed by atoms with Gasteiger partial charge in [-0.05, 0) is 55.7 Å². The maximum atomic E-state index is 12.2. The van der Waals surface area contributed by atoms with E-state index in [1.54, 1.807) is 13.3 Å². The molecule has 0 spiro atoms. The molecule has 2 aromatic carbocycles. The third-order valence-electron chi connectivity index (χ3n) is 4.32. The minimum absolute atomic E-state index is 0.269. The lowest BCUT2D eigenvalue weighted by atomic mass is 10.1. The van der Waals surface area contributed by atoms with Gasteiger partial charge < -0.3 is 9.47 Å². The van der Waals surface area contributed by atoms with Crippen molar-refractivity contribution in [1.29, 1.82) is 0 Å². The number of aryl methyl sites for hydroxylation is 3. The smallest absolute Gasteiger partial charge is 0.283 e. The summed E-state index contributed by atoms with van der Waals surface area (Å²) in [6.07, 6.45) is 1.56. The molecule has 7 heteroatoms. The fraction of sp³-hybridized carbons (Fsp3) is 0.227. The maximum absolute atomic E-state index is 12.2. The zero-order valence-corrected chi connectivity index (χ0v) is 17.7. The van der Waals surface area contributed by atoms with E-state index in [1.807, 2.05) is 50.2 Å². The number of ether oxygens (including phenoxy) is 2. The van der Waals surface area contributed by atoms with Gasteiger partial charge >= 0.3 is 0 Å². The molecule has 0 unspecified atom stereocenters. The topological polar surface area (TPSA) is 72.8 Å². The molecular formula is C22H23N3O3S. The Morgan fingerprint density at radius 2 is 1.97 bits per heavy atom. The summed E-state index contributed by atoms with van der Waals surface area (Å²) in [5.41, 5.74) is 6.32. The van der Waals surface area contributed by atoms with Crippen LogP contribution in [0.4, 0.5) is 0 Å². The van der Waals surface area contributed by atoms with Crippen molar-refractivity contribution < 1.29 is 14.3 Å². The zero-order chi connectivity index (χ0) is 20.8. The normalized spacial score (nSPS) is 10.9. The van der Waals surface area contributed by atoms with Crippen LogP contribution in [0.5, 0.6) is 11.5 Å². The molecule has 0 bridgehead atoms. The lowest BCUT2D eigenvalue weighted by Crippen LogP contribution is -2.17. The van der Waals surface area contributed by atoms with Crippen molar-refractivity contribution in [2.45, 2.75) is 27.4 Å². The van der Waals surface area contributed by atoms with Gasteiger partial charge in [0.25, 0.3) is 5.91 Å². The highest BCUT2D eigenvalue weighted by molar-refractivity contribution is 7.13. The van der Waals surface area contributed by atoms with E-state index in [0.29, 0.717) is 28.7 Å². The Labute approximate surface area is 174 Å². The molecule has 6 nitrogen and oxygen atoms in total. The third kappa shape index (κ3) is 5.20. The molecule has 0 aliphatic carbocycles.